The Morgan fingerprint density at radius 1 is 0.536 bits per heavy atom. The van der Waals surface area contributed by atoms with Crippen molar-refractivity contribution in [3.63, 3.8) is 0 Å². The zero-order valence-corrected chi connectivity index (χ0v) is 30.5. The molecule has 0 aromatic heterocycles. The average Bonchev–Trinajstić information content (AvgIpc) is 3.19. The Kier molecular flexibility index (Phi) is 15.4. The van der Waals surface area contributed by atoms with Crippen LogP contribution in [0.4, 0.5) is 0 Å². The molecule has 0 heterocycles. The van der Waals surface area contributed by atoms with E-state index in [4.69, 9.17) is 5.73 Å². The molecule has 0 fully saturated rings. The highest BCUT2D eigenvalue weighted by molar-refractivity contribution is 5.97. The first-order valence-corrected chi connectivity index (χ1v) is 17.7. The van der Waals surface area contributed by atoms with Crippen LogP contribution in [-0.2, 0) is 41.6 Å². The summed E-state index contributed by atoms with van der Waals surface area (Å²) in [6.45, 7) is 0.263. The van der Waals surface area contributed by atoms with Gasteiger partial charge < -0.3 is 47.4 Å². The van der Waals surface area contributed by atoms with Gasteiger partial charge in [0.25, 0.3) is 0 Å². The first-order chi connectivity index (χ1) is 26.7. The molecule has 0 saturated carbocycles. The smallest absolute Gasteiger partial charge is 0.326 e. The number of benzene rings is 4. The summed E-state index contributed by atoms with van der Waals surface area (Å²) in [5.41, 5.74) is 10.4. The van der Waals surface area contributed by atoms with Gasteiger partial charge in [-0.2, -0.15) is 0 Å². The Balaban J connectivity index is 1.56. The van der Waals surface area contributed by atoms with E-state index in [1.54, 1.807) is 36.4 Å². The lowest BCUT2D eigenvalue weighted by Crippen LogP contribution is -2.60. The van der Waals surface area contributed by atoms with Crippen molar-refractivity contribution in [1.82, 2.24) is 21.3 Å². The minimum Gasteiger partial charge on any atom is -0.481 e. The molecule has 15 heteroatoms. The summed E-state index contributed by atoms with van der Waals surface area (Å²) in [7, 11) is 0. The number of carboxylic acids is 2. The van der Waals surface area contributed by atoms with Gasteiger partial charge in [-0.05, 0) is 40.3 Å². The highest BCUT2D eigenvalue weighted by Crippen LogP contribution is 2.21. The summed E-state index contributed by atoms with van der Waals surface area (Å²) in [5, 5.41) is 48.3. The highest BCUT2D eigenvalue weighted by Gasteiger charge is 2.33. The zero-order chi connectivity index (χ0) is 40.8. The molecule has 0 aliphatic heterocycles. The number of carbonyl (C=O) groups excluding carboxylic acids is 4. The largest absolute Gasteiger partial charge is 0.481 e. The Morgan fingerprint density at radius 2 is 0.911 bits per heavy atom. The van der Waals surface area contributed by atoms with Crippen molar-refractivity contribution in [1.29, 1.82) is 0 Å². The van der Waals surface area contributed by atoms with Crippen LogP contribution in [-0.4, -0.2) is 98.9 Å². The Labute approximate surface area is 322 Å². The number of hydrogen-bond donors (Lipinski definition) is 9. The Hall–Kier alpha value is -6.42. The van der Waals surface area contributed by atoms with E-state index in [0.717, 1.165) is 22.3 Å². The molecule has 294 valence electrons. The molecule has 4 amide bonds. The molecule has 6 atom stereocenters. The van der Waals surface area contributed by atoms with Gasteiger partial charge in [0.05, 0.1) is 19.1 Å². The van der Waals surface area contributed by atoms with Crippen molar-refractivity contribution in [3.8, 4) is 22.3 Å². The molecular weight excluding hydrogens is 722 g/mol. The average molecular weight is 768 g/mol. The van der Waals surface area contributed by atoms with Crippen LogP contribution in [0.3, 0.4) is 0 Å². The minimum atomic E-state index is -1.81. The lowest BCUT2D eigenvalue weighted by molar-refractivity contribution is -0.143. The summed E-state index contributed by atoms with van der Waals surface area (Å²) in [6, 6.07) is 25.4. The van der Waals surface area contributed by atoms with Crippen LogP contribution in [0.1, 0.15) is 24.5 Å². The third kappa shape index (κ3) is 12.3. The quantitative estimate of drug-likeness (QED) is 0.0651. The molecule has 10 N–H and O–H groups in total. The molecule has 4 aromatic carbocycles. The Morgan fingerprint density at radius 3 is 1.34 bits per heavy atom. The van der Waals surface area contributed by atoms with E-state index >= 15 is 0 Å². The normalized spacial score (nSPS) is 14.1. The van der Waals surface area contributed by atoms with E-state index in [-0.39, 0.29) is 12.8 Å². The number of aliphatic hydroxyl groups excluding tert-OH is 2. The van der Waals surface area contributed by atoms with Crippen molar-refractivity contribution in [3.05, 3.63) is 120 Å². The van der Waals surface area contributed by atoms with Gasteiger partial charge in [0.1, 0.15) is 30.2 Å². The molecule has 0 spiro atoms. The van der Waals surface area contributed by atoms with Crippen LogP contribution >= 0.6 is 0 Å². The molecule has 56 heavy (non-hydrogen) atoms. The van der Waals surface area contributed by atoms with Crippen molar-refractivity contribution >= 4 is 35.6 Å². The fourth-order valence-corrected chi connectivity index (χ4v) is 5.69. The molecule has 0 bridgehead atoms. The first kappa shape index (κ1) is 42.3. The molecule has 0 unspecified atom stereocenters. The van der Waals surface area contributed by atoms with Gasteiger partial charge in [-0.25, -0.2) is 4.79 Å². The van der Waals surface area contributed by atoms with Gasteiger partial charge in [0, 0.05) is 12.8 Å². The molecule has 15 nitrogen and oxygen atoms in total. The molecular formula is C41H45N5O10. The molecule has 0 aliphatic rings. The summed E-state index contributed by atoms with van der Waals surface area (Å²) in [5.74, 6) is -7.01. The fraction of sp³-hybridized carbons (Fsp3) is 0.268. The highest BCUT2D eigenvalue weighted by atomic mass is 16.4. The van der Waals surface area contributed by atoms with Gasteiger partial charge in [0.15, 0.2) is 0 Å². The summed E-state index contributed by atoms with van der Waals surface area (Å²) >= 11 is 0. The van der Waals surface area contributed by atoms with E-state index < -0.39 is 84.9 Å². The van der Waals surface area contributed by atoms with Crippen LogP contribution in [0, 0.1) is 0 Å². The minimum absolute atomic E-state index is 0.104. The number of hydrogen-bond acceptors (Lipinski definition) is 9. The molecule has 4 rings (SSSR count). The number of aliphatic hydroxyl groups is 2. The number of rotatable bonds is 19. The monoisotopic (exact) mass is 767 g/mol. The third-order valence-electron chi connectivity index (χ3n) is 8.90. The number of aliphatic carboxylic acids is 2. The number of amides is 4. The summed E-state index contributed by atoms with van der Waals surface area (Å²) in [6.07, 6.45) is -2.53. The zero-order valence-electron chi connectivity index (χ0n) is 30.5. The van der Waals surface area contributed by atoms with Crippen molar-refractivity contribution in [2.24, 2.45) is 5.73 Å². The van der Waals surface area contributed by atoms with E-state index in [9.17, 15) is 49.2 Å². The van der Waals surface area contributed by atoms with Crippen LogP contribution in [0.2, 0.25) is 0 Å². The van der Waals surface area contributed by atoms with E-state index in [0.29, 0.717) is 11.1 Å². The third-order valence-corrected chi connectivity index (χ3v) is 8.90. The summed E-state index contributed by atoms with van der Waals surface area (Å²) in [4.78, 5) is 77.1. The van der Waals surface area contributed by atoms with E-state index in [1.807, 2.05) is 72.8 Å². The topological polar surface area (TPSA) is 257 Å². The molecule has 0 radical (unpaired) electrons. The maximum atomic E-state index is 13.9. The molecule has 0 saturated heterocycles. The lowest BCUT2D eigenvalue weighted by atomic mass is 9.98. The molecule has 4 aromatic rings. The van der Waals surface area contributed by atoms with Gasteiger partial charge in [-0.1, -0.05) is 109 Å². The van der Waals surface area contributed by atoms with Crippen molar-refractivity contribution in [2.45, 2.75) is 62.5 Å². The van der Waals surface area contributed by atoms with Gasteiger partial charge in [-0.3, -0.25) is 24.0 Å². The second-order valence-corrected chi connectivity index (χ2v) is 13.2. The number of carboxylic acid groups (broad SMARTS) is 2. The number of carbonyl (C=O) groups is 6. The SMILES string of the molecule is C[C@@H](O)[C@H](N)C(=O)N[C@@H](CO)C(=O)N[C@@H](CC(=O)O)C(=O)N[C@@H](Cc1ccc(-c2ccccc2)cc1)C(=O)N[C@@H](Cc1ccc(-c2ccccc2)cc1)C(=O)O. The second-order valence-electron chi connectivity index (χ2n) is 13.2. The summed E-state index contributed by atoms with van der Waals surface area (Å²) < 4.78 is 0. The second kappa shape index (κ2) is 20.3. The Bertz CT molecular complexity index is 1960. The predicted molar refractivity (Wildman–Crippen MR) is 206 cm³/mol. The standard InChI is InChI=1S/C41H45N5O10/c1-24(48)36(42)40(54)46-34(23-47)39(53)44-32(22-35(49)50)38(52)43-31(20-25-12-16-29(17-13-25)27-8-4-2-5-9-27)37(51)45-33(41(55)56)21-26-14-18-30(19-15-26)28-10-6-3-7-11-28/h2-19,24,31-34,36,47-48H,20-23,42H2,1H3,(H,43,52)(H,44,53)(H,45,51)(H,46,54)(H,49,50)(H,55,56)/t24-,31+,32+,33+,34+,36+/m1/s1. The van der Waals surface area contributed by atoms with Crippen LogP contribution in [0.5, 0.6) is 0 Å². The number of nitrogens with two attached hydrogens (primary N) is 1. The molecule has 0 aliphatic carbocycles. The van der Waals surface area contributed by atoms with Crippen LogP contribution < -0.4 is 27.0 Å². The van der Waals surface area contributed by atoms with Crippen molar-refractivity contribution < 1.29 is 49.2 Å². The van der Waals surface area contributed by atoms with E-state index in [2.05, 4.69) is 21.3 Å². The predicted octanol–water partition coefficient (Wildman–Crippen LogP) is 1.00. The lowest BCUT2D eigenvalue weighted by Gasteiger charge is -2.26. The van der Waals surface area contributed by atoms with Gasteiger partial charge >= 0.3 is 11.9 Å². The van der Waals surface area contributed by atoms with Crippen LogP contribution in [0.25, 0.3) is 22.3 Å². The van der Waals surface area contributed by atoms with Gasteiger partial charge in [-0.15, -0.1) is 0 Å². The van der Waals surface area contributed by atoms with Gasteiger partial charge in [0.2, 0.25) is 23.6 Å². The van der Waals surface area contributed by atoms with Crippen molar-refractivity contribution in [2.75, 3.05) is 6.61 Å². The number of nitrogens with one attached hydrogen (secondary N) is 4. The van der Waals surface area contributed by atoms with Crippen LogP contribution in [0.15, 0.2) is 109 Å². The maximum Gasteiger partial charge on any atom is 0.326 e. The first-order valence-electron chi connectivity index (χ1n) is 17.7. The fourth-order valence-electron chi connectivity index (χ4n) is 5.69. The van der Waals surface area contributed by atoms with E-state index in [1.165, 1.54) is 6.92 Å². The maximum absolute atomic E-state index is 13.9.